The molecule has 2 spiro atoms. The topological polar surface area (TPSA) is 332 Å². The number of carbonyl (C=O) groups is 5. The first-order valence-corrected chi connectivity index (χ1v) is 52.4. The highest BCUT2D eigenvalue weighted by Gasteiger charge is 2.50. The Bertz CT molecular complexity index is 5520. The third-order valence-corrected chi connectivity index (χ3v) is 31.4. The van der Waals surface area contributed by atoms with Crippen LogP contribution in [0.25, 0.3) is 0 Å². The van der Waals surface area contributed by atoms with E-state index in [4.69, 9.17) is 113 Å². The molecule has 16 rings (SSSR count). The van der Waals surface area contributed by atoms with E-state index in [9.17, 15) is 32.4 Å². The molecular weight excluding hydrogens is 1910 g/mol. The molecule has 2 aliphatic heterocycles. The number of carbonyl (C=O) groups excluding carboxylic acids is 5. The molecule has 5 saturated carbocycles. The Balaban J connectivity index is 0.000000166. The van der Waals surface area contributed by atoms with Crippen LogP contribution in [0.3, 0.4) is 0 Å². The number of halogens is 5. The summed E-state index contributed by atoms with van der Waals surface area (Å²) in [6, 6.07) is 77.8. The van der Waals surface area contributed by atoms with Crippen molar-refractivity contribution in [2.24, 2.45) is 21.0 Å². The zero-order chi connectivity index (χ0) is 101. The number of rotatable bonds is 23. The van der Waals surface area contributed by atoms with E-state index in [1.54, 1.807) is 0 Å². The number of ether oxygens (including phenoxy) is 8. The SMILES string of the molecule is CC(C)(C)S(=O)N=C1CCC(CNC(=O)OCc2ccccc2)(c2cccc(Cl)c2)CC1.CC(C)(C)S(N)=O.CC1(N)CCC(CNC(=O)OCc2ccccc2)(c2cccc(Cl)c2)CC1.NCC1(c2cccc(Cl)c2)CCC2(CC1)OCCO2.O=C(NCC1(c2cccc(Cl)c2)CCC2(CC1)OCCO2)OCc1ccccc1.O=C1CCC(CNC(=O)OCc2ccccc2)(c2cccc(Cl)c2)CC1. The Morgan fingerprint density at radius 1 is 0.357 bits per heavy atom. The summed E-state index contributed by atoms with van der Waals surface area (Å²) in [6.07, 6.45) is 14.4. The fraction of sp³-hybridized carbons (Fsp3) is 0.455. The molecule has 5 aliphatic carbocycles. The minimum atomic E-state index is -1.26. The van der Waals surface area contributed by atoms with Crippen molar-refractivity contribution in [2.75, 3.05) is 59.2 Å². The number of ketones is 1. The minimum Gasteiger partial charge on any atom is -0.445 e. The first kappa shape index (κ1) is 111. The molecule has 7 fully saturated rings. The van der Waals surface area contributed by atoms with Crippen LogP contribution >= 0.6 is 58.0 Å². The smallest absolute Gasteiger partial charge is 0.407 e. The Morgan fingerprint density at radius 3 is 0.850 bits per heavy atom. The Hall–Kier alpha value is -9.13. The van der Waals surface area contributed by atoms with Gasteiger partial charge in [-0.1, -0.05) is 240 Å². The van der Waals surface area contributed by atoms with Gasteiger partial charge in [0.25, 0.3) is 0 Å². The van der Waals surface area contributed by atoms with Crippen LogP contribution in [-0.2, 0) is 118 Å². The number of hydrogen-bond acceptors (Lipinski definition) is 17. The van der Waals surface area contributed by atoms with E-state index in [2.05, 4.69) is 56.9 Å². The molecule has 2 atom stereocenters. The van der Waals surface area contributed by atoms with Gasteiger partial charge in [-0.15, -0.1) is 0 Å². The summed E-state index contributed by atoms with van der Waals surface area (Å²) in [6.45, 7) is 19.6. The number of amides is 4. The minimum absolute atomic E-state index is 0.0193. The third kappa shape index (κ3) is 33.7. The zero-order valence-corrected chi connectivity index (χ0v) is 86.9. The summed E-state index contributed by atoms with van der Waals surface area (Å²) in [7, 11) is -2.45. The van der Waals surface area contributed by atoms with Crippen molar-refractivity contribution in [2.45, 2.75) is 257 Å². The second-order valence-corrected chi connectivity index (χ2v) is 45.6. The lowest BCUT2D eigenvalue weighted by atomic mass is 9.65. The highest BCUT2D eigenvalue weighted by Crippen LogP contribution is 2.50. The standard InChI is InChI=1S/C25H31ClN2O3S.C23H26ClNO4.C22H27ClN2O2.C21H22ClNO3.C15H20ClNO2.C4H11NOS/c1-24(2,3)32(30)28-22-12-14-25(15-13-22,20-10-7-11-21(26)16-20)18-27-23(29)31-17-19-8-5-4-6-9-19;24-20-8-4-7-19(15-20)22(9-11-23(12-10-22)28-13-14-29-23)17-25-21(26)27-16-18-5-2-1-3-6-18;1-21(24)10-12-22(13-11-21,18-8-5-9-19(23)14-18)16-25-20(26)27-15-17-6-3-2-4-7-17;22-18-8-4-7-17(13-18)21(11-9-19(24)10-12-21)15-23-20(25)26-14-16-5-2-1-3-6-16;16-13-3-1-2-12(10-13)14(11-17)4-6-15(7-5-14)18-8-9-19-15;1-4(2,3)7(5)6/h4-11,16H,12-15,17-18H2,1-3H3,(H,27,29);1-8,15H,9-14,16-17H2,(H,25,26);2-9,14H,10-13,15-16,24H2,1H3,(H,25,26);1-8,13H,9-12,14-15H2,(H,23,25);1-3,10H,4-9,11,17H2;5H2,1-3H3. The van der Waals surface area contributed by atoms with Gasteiger partial charge in [-0.3, -0.25) is 9.93 Å². The lowest BCUT2D eigenvalue weighted by molar-refractivity contribution is -0.185. The molecule has 4 amide bonds. The molecule has 7 aliphatic rings. The van der Waals surface area contributed by atoms with Gasteiger partial charge in [0.2, 0.25) is 0 Å². The summed E-state index contributed by atoms with van der Waals surface area (Å²) in [4.78, 5) is 60.8. The molecule has 9 aromatic carbocycles. The fourth-order valence-corrected chi connectivity index (χ4v) is 20.1. The van der Waals surface area contributed by atoms with Crippen LogP contribution in [0.2, 0.25) is 25.1 Å². The molecule has 0 radical (unpaired) electrons. The van der Waals surface area contributed by atoms with Crippen molar-refractivity contribution in [1.82, 2.24) is 21.3 Å². The van der Waals surface area contributed by atoms with E-state index in [0.717, 1.165) is 158 Å². The van der Waals surface area contributed by atoms with Gasteiger partial charge in [-0.05, 0) is 249 Å². The summed E-state index contributed by atoms with van der Waals surface area (Å²) < 4.78 is 71.5. The number of alkyl carbamates (subject to hydrolysis) is 4. The van der Waals surface area contributed by atoms with E-state index in [0.29, 0.717) is 105 Å². The van der Waals surface area contributed by atoms with Crippen LogP contribution in [0.4, 0.5) is 19.2 Å². The summed E-state index contributed by atoms with van der Waals surface area (Å²) in [5, 5.41) is 20.3. The first-order valence-electron chi connectivity index (χ1n) is 48.2. The van der Waals surface area contributed by atoms with E-state index >= 15 is 0 Å². The highest BCUT2D eigenvalue weighted by molar-refractivity contribution is 7.85. The maximum Gasteiger partial charge on any atom is 0.407 e. The molecule has 10 N–H and O–H groups in total. The van der Waals surface area contributed by atoms with E-state index in [-0.39, 0.29) is 80.1 Å². The number of Topliss-reactive ketones (excluding diaryl/α,β-unsaturated/α-hetero) is 1. The molecule has 0 aromatic heterocycles. The predicted molar refractivity (Wildman–Crippen MR) is 560 cm³/mol. The van der Waals surface area contributed by atoms with Crippen LogP contribution < -0.4 is 37.9 Å². The zero-order valence-electron chi connectivity index (χ0n) is 81.4. The van der Waals surface area contributed by atoms with Crippen LogP contribution in [-0.4, -0.2) is 130 Å². The van der Waals surface area contributed by atoms with E-state index in [1.807, 2.05) is 260 Å². The van der Waals surface area contributed by atoms with Gasteiger partial charge < -0.3 is 70.6 Å². The van der Waals surface area contributed by atoms with Crippen molar-refractivity contribution >= 4 is 116 Å². The van der Waals surface area contributed by atoms with Crippen molar-refractivity contribution < 1.29 is 70.3 Å². The number of nitrogens with zero attached hydrogens (tertiary/aromatic N) is 1. The normalized spacial score (nSPS) is 21.3. The average Bonchev–Trinajstić information content (AvgIpc) is 1.51. The Kier molecular flexibility index (Phi) is 41.6. The maximum atomic E-state index is 12.4. The molecule has 140 heavy (non-hydrogen) atoms. The molecule has 2 saturated heterocycles. The van der Waals surface area contributed by atoms with E-state index in [1.165, 1.54) is 5.56 Å². The van der Waals surface area contributed by atoms with Gasteiger partial charge in [-0.2, -0.15) is 4.40 Å². The van der Waals surface area contributed by atoms with E-state index < -0.39 is 52.1 Å². The lowest BCUT2D eigenvalue weighted by Gasteiger charge is -2.44. The average molecular weight is 2050 g/mol. The summed E-state index contributed by atoms with van der Waals surface area (Å²) >= 11 is 31.0. The van der Waals surface area contributed by atoms with Crippen molar-refractivity contribution in [3.05, 3.63) is 318 Å². The monoisotopic (exact) mass is 2050 g/mol. The van der Waals surface area contributed by atoms with Gasteiger partial charge in [0.15, 0.2) is 11.6 Å². The Morgan fingerprint density at radius 2 is 0.600 bits per heavy atom. The van der Waals surface area contributed by atoms with Gasteiger partial charge in [0.05, 0.1) is 46.9 Å². The molecule has 754 valence electrons. The molecule has 0 bridgehead atoms. The summed E-state index contributed by atoms with van der Waals surface area (Å²) in [5.74, 6) is -0.526. The van der Waals surface area contributed by atoms with Crippen LogP contribution in [0, 0.1) is 0 Å². The number of nitrogens with one attached hydrogen (secondary N) is 4. The molecule has 2 unspecified atom stereocenters. The van der Waals surface area contributed by atoms with Crippen molar-refractivity contribution in [3.63, 3.8) is 0 Å². The number of benzene rings is 9. The second kappa shape index (κ2) is 52.4. The van der Waals surface area contributed by atoms with Crippen LogP contribution in [0.1, 0.15) is 227 Å². The first-order chi connectivity index (χ1) is 66.9. The maximum absolute atomic E-state index is 12.4. The van der Waals surface area contributed by atoms with Gasteiger partial charge in [0.1, 0.15) is 43.2 Å². The summed E-state index contributed by atoms with van der Waals surface area (Å²) in [5.41, 5.74) is 21.8. The quantitative estimate of drug-likeness (QED) is 0.0293. The van der Waals surface area contributed by atoms with Crippen LogP contribution in [0.5, 0.6) is 0 Å². The largest absolute Gasteiger partial charge is 0.445 e. The molecular formula is C110H137Cl5N8O15S2. The van der Waals surface area contributed by atoms with Gasteiger partial charge in [-0.25, -0.2) is 27.6 Å². The molecule has 23 nitrogen and oxygen atoms in total. The Labute approximate surface area is 856 Å². The number of hydrogen-bond donors (Lipinski definition) is 7. The van der Waals surface area contributed by atoms with Crippen LogP contribution in [0.15, 0.2) is 247 Å². The molecule has 9 aromatic rings. The number of nitrogens with two attached hydrogens (primary N) is 3. The fourth-order valence-electron chi connectivity index (χ4n) is 18.5. The highest BCUT2D eigenvalue weighted by atomic mass is 35.5. The predicted octanol–water partition coefficient (Wildman–Crippen LogP) is 23.5. The van der Waals surface area contributed by atoms with Gasteiger partial charge in [0, 0.05) is 135 Å². The molecule has 30 heteroatoms. The second-order valence-electron chi connectivity index (χ2n) is 39.7. The lowest BCUT2D eigenvalue weighted by Crippen LogP contribution is -2.49. The van der Waals surface area contributed by atoms with Crippen molar-refractivity contribution in [3.8, 4) is 0 Å². The molecule has 2 heterocycles. The van der Waals surface area contributed by atoms with Crippen molar-refractivity contribution in [1.29, 1.82) is 0 Å². The van der Waals surface area contributed by atoms with Gasteiger partial charge >= 0.3 is 24.4 Å². The third-order valence-electron chi connectivity index (χ3n) is 27.5.